The van der Waals surface area contributed by atoms with E-state index in [0.29, 0.717) is 26.3 Å². The molecule has 1 N–H and O–H groups in total. The van der Waals surface area contributed by atoms with Crippen LogP contribution in [0.25, 0.3) is 0 Å². The lowest BCUT2D eigenvalue weighted by atomic mass is 10.0. The summed E-state index contributed by atoms with van der Waals surface area (Å²) in [6.45, 7) is 2.91. The zero-order valence-electron chi connectivity index (χ0n) is 14.2. The number of anilines is 1. The highest BCUT2D eigenvalue weighted by molar-refractivity contribution is 5.95. The smallest absolute Gasteiger partial charge is 0.240 e. The molecule has 0 aliphatic carbocycles. The molecule has 130 valence electrons. The number of para-hydroxylation sites is 1. The number of nitrogens with zero attached hydrogens (tertiary/aromatic N) is 1. The van der Waals surface area contributed by atoms with E-state index < -0.39 is 0 Å². The van der Waals surface area contributed by atoms with Crippen molar-refractivity contribution in [2.75, 3.05) is 31.2 Å². The number of ether oxygens (including phenoxy) is 2. The van der Waals surface area contributed by atoms with Crippen molar-refractivity contribution in [1.82, 2.24) is 5.32 Å². The third-order valence-electron chi connectivity index (χ3n) is 4.62. The summed E-state index contributed by atoms with van der Waals surface area (Å²) in [4.78, 5) is 14.5. The Labute approximate surface area is 147 Å². The minimum atomic E-state index is 0.115. The number of nitrogens with one attached hydrogen (secondary N) is 1. The van der Waals surface area contributed by atoms with Gasteiger partial charge in [-0.25, -0.2) is 0 Å². The Balaban J connectivity index is 1.35. The Morgan fingerprint density at radius 3 is 2.84 bits per heavy atom. The van der Waals surface area contributed by atoms with E-state index in [1.54, 1.807) is 0 Å². The molecule has 2 aliphatic rings. The van der Waals surface area contributed by atoms with Crippen LogP contribution in [0.5, 0.6) is 11.5 Å². The van der Waals surface area contributed by atoms with Gasteiger partial charge >= 0.3 is 0 Å². The van der Waals surface area contributed by atoms with Crippen molar-refractivity contribution in [3.63, 3.8) is 0 Å². The summed E-state index contributed by atoms with van der Waals surface area (Å²) in [5.74, 6) is 1.68. The molecule has 0 saturated carbocycles. The predicted molar refractivity (Wildman–Crippen MR) is 96.3 cm³/mol. The van der Waals surface area contributed by atoms with Crippen molar-refractivity contribution >= 4 is 11.6 Å². The van der Waals surface area contributed by atoms with Crippen LogP contribution in [0.2, 0.25) is 0 Å². The first-order valence-corrected chi connectivity index (χ1v) is 8.79. The number of carbonyl (C=O) groups excluding carboxylic acids is 1. The fraction of sp³-hybridized carbons (Fsp3) is 0.350. The Kier molecular flexibility index (Phi) is 4.57. The first-order valence-electron chi connectivity index (χ1n) is 8.79. The van der Waals surface area contributed by atoms with Gasteiger partial charge in [0, 0.05) is 18.8 Å². The molecule has 5 heteroatoms. The Morgan fingerprint density at radius 2 is 1.92 bits per heavy atom. The molecule has 0 aromatic heterocycles. The summed E-state index contributed by atoms with van der Waals surface area (Å²) in [7, 11) is 0. The predicted octanol–water partition coefficient (Wildman–Crippen LogP) is 2.53. The maximum Gasteiger partial charge on any atom is 0.240 e. The fourth-order valence-electron chi connectivity index (χ4n) is 3.40. The highest BCUT2D eigenvalue weighted by Gasteiger charge is 2.21. The van der Waals surface area contributed by atoms with Crippen LogP contribution < -0.4 is 19.7 Å². The molecule has 4 rings (SSSR count). The number of carbonyl (C=O) groups is 1. The quantitative estimate of drug-likeness (QED) is 0.931. The van der Waals surface area contributed by atoms with Crippen molar-refractivity contribution in [2.45, 2.75) is 19.4 Å². The number of benzene rings is 2. The fourth-order valence-corrected chi connectivity index (χ4v) is 3.40. The lowest BCUT2D eigenvalue weighted by Crippen LogP contribution is -2.41. The highest BCUT2D eigenvalue weighted by atomic mass is 16.6. The molecule has 2 aliphatic heterocycles. The molecule has 0 atom stereocenters. The largest absolute Gasteiger partial charge is 0.486 e. The van der Waals surface area contributed by atoms with Crippen molar-refractivity contribution in [3.8, 4) is 11.5 Å². The van der Waals surface area contributed by atoms with Crippen LogP contribution in [0.4, 0.5) is 5.69 Å². The standard InChI is InChI=1S/C20H22N2O3/c23-20(22-9-3-5-16-4-1-2-6-17(16)22)14-21-13-15-7-8-18-19(12-15)25-11-10-24-18/h1-2,4,6-8,12,21H,3,5,9-11,13-14H2. The molecule has 1 amide bonds. The van der Waals surface area contributed by atoms with E-state index in [0.717, 1.165) is 42.1 Å². The molecular formula is C20H22N2O3. The van der Waals surface area contributed by atoms with Gasteiger partial charge in [0.2, 0.25) is 5.91 Å². The van der Waals surface area contributed by atoms with Crippen LogP contribution in [-0.2, 0) is 17.8 Å². The van der Waals surface area contributed by atoms with Crippen LogP contribution in [0.3, 0.4) is 0 Å². The van der Waals surface area contributed by atoms with Gasteiger partial charge in [-0.15, -0.1) is 0 Å². The Morgan fingerprint density at radius 1 is 1.08 bits per heavy atom. The summed E-state index contributed by atoms with van der Waals surface area (Å²) in [6.07, 6.45) is 2.06. The molecule has 0 bridgehead atoms. The SMILES string of the molecule is O=C(CNCc1ccc2c(c1)OCCO2)N1CCCc2ccccc21. The van der Waals surface area contributed by atoms with Crippen LogP contribution in [0.1, 0.15) is 17.5 Å². The number of aryl methyl sites for hydroxylation is 1. The van der Waals surface area contributed by atoms with Gasteiger partial charge in [-0.3, -0.25) is 4.79 Å². The maximum atomic E-state index is 12.6. The van der Waals surface area contributed by atoms with Gasteiger partial charge in [0.05, 0.1) is 6.54 Å². The topological polar surface area (TPSA) is 50.8 Å². The van der Waals surface area contributed by atoms with Gasteiger partial charge in [0.15, 0.2) is 11.5 Å². The van der Waals surface area contributed by atoms with Crippen molar-refractivity contribution in [2.24, 2.45) is 0 Å². The monoisotopic (exact) mass is 338 g/mol. The lowest BCUT2D eigenvalue weighted by molar-refractivity contribution is -0.117. The molecule has 2 heterocycles. The van der Waals surface area contributed by atoms with Crippen LogP contribution >= 0.6 is 0 Å². The molecule has 25 heavy (non-hydrogen) atoms. The molecule has 0 saturated heterocycles. The van der Waals surface area contributed by atoms with Crippen molar-refractivity contribution in [1.29, 1.82) is 0 Å². The van der Waals surface area contributed by atoms with E-state index in [-0.39, 0.29) is 5.91 Å². The molecular weight excluding hydrogens is 316 g/mol. The van der Waals surface area contributed by atoms with E-state index in [9.17, 15) is 4.79 Å². The van der Waals surface area contributed by atoms with Gasteiger partial charge < -0.3 is 19.7 Å². The number of amides is 1. The minimum Gasteiger partial charge on any atom is -0.486 e. The molecule has 5 nitrogen and oxygen atoms in total. The van der Waals surface area contributed by atoms with Crippen LogP contribution in [0.15, 0.2) is 42.5 Å². The van der Waals surface area contributed by atoms with Crippen LogP contribution in [0, 0.1) is 0 Å². The zero-order valence-corrected chi connectivity index (χ0v) is 14.2. The summed E-state index contributed by atoms with van der Waals surface area (Å²) >= 11 is 0. The first kappa shape index (κ1) is 16.0. The molecule has 0 spiro atoms. The number of fused-ring (bicyclic) bond motifs is 2. The summed E-state index contributed by atoms with van der Waals surface area (Å²) in [6, 6.07) is 14.1. The summed E-state index contributed by atoms with van der Waals surface area (Å²) in [5.41, 5.74) is 3.39. The molecule has 0 radical (unpaired) electrons. The molecule has 2 aromatic carbocycles. The third kappa shape index (κ3) is 3.46. The van der Waals surface area contributed by atoms with E-state index in [4.69, 9.17) is 9.47 Å². The molecule has 0 unspecified atom stereocenters. The normalized spacial score (nSPS) is 15.6. The van der Waals surface area contributed by atoms with E-state index in [1.165, 1.54) is 5.56 Å². The lowest BCUT2D eigenvalue weighted by Gasteiger charge is -2.29. The van der Waals surface area contributed by atoms with E-state index >= 15 is 0 Å². The summed E-state index contributed by atoms with van der Waals surface area (Å²) in [5, 5.41) is 3.25. The van der Waals surface area contributed by atoms with Gasteiger partial charge in [-0.05, 0) is 42.2 Å². The summed E-state index contributed by atoms with van der Waals surface area (Å²) < 4.78 is 11.1. The zero-order chi connectivity index (χ0) is 17.1. The first-order chi connectivity index (χ1) is 12.3. The number of rotatable bonds is 4. The average molecular weight is 338 g/mol. The van der Waals surface area contributed by atoms with E-state index in [1.807, 2.05) is 41.3 Å². The number of hydrogen-bond donors (Lipinski definition) is 1. The maximum absolute atomic E-state index is 12.6. The third-order valence-corrected chi connectivity index (χ3v) is 4.62. The second-order valence-corrected chi connectivity index (χ2v) is 6.36. The highest BCUT2D eigenvalue weighted by Crippen LogP contribution is 2.30. The van der Waals surface area contributed by atoms with Crippen molar-refractivity contribution < 1.29 is 14.3 Å². The van der Waals surface area contributed by atoms with Gasteiger partial charge in [0.25, 0.3) is 0 Å². The van der Waals surface area contributed by atoms with E-state index in [2.05, 4.69) is 11.4 Å². The van der Waals surface area contributed by atoms with Gasteiger partial charge in [-0.2, -0.15) is 0 Å². The average Bonchev–Trinajstić information content (AvgIpc) is 2.67. The Hall–Kier alpha value is -2.53. The molecule has 2 aromatic rings. The minimum absolute atomic E-state index is 0.115. The van der Waals surface area contributed by atoms with Crippen molar-refractivity contribution in [3.05, 3.63) is 53.6 Å². The van der Waals surface area contributed by atoms with Crippen LogP contribution in [-0.4, -0.2) is 32.2 Å². The van der Waals surface area contributed by atoms with Gasteiger partial charge in [-0.1, -0.05) is 24.3 Å². The van der Waals surface area contributed by atoms with Gasteiger partial charge in [0.1, 0.15) is 13.2 Å². The second-order valence-electron chi connectivity index (χ2n) is 6.36. The second kappa shape index (κ2) is 7.15. The Bertz CT molecular complexity index is 775. The molecule has 0 fully saturated rings. The number of hydrogen-bond acceptors (Lipinski definition) is 4.